The fourth-order valence-corrected chi connectivity index (χ4v) is 7.62. The zero-order chi connectivity index (χ0) is 31.3. The zero-order valence-electron chi connectivity index (χ0n) is 27.1. The van der Waals surface area contributed by atoms with E-state index in [1.54, 1.807) is 14.2 Å². The first kappa shape index (κ1) is 31.6. The summed E-state index contributed by atoms with van der Waals surface area (Å²) in [6.45, 7) is 13.1. The Labute approximate surface area is 262 Å². The van der Waals surface area contributed by atoms with E-state index < -0.39 is 0 Å². The molecule has 3 aliphatic rings. The van der Waals surface area contributed by atoms with Gasteiger partial charge in [-0.1, -0.05) is 45.0 Å². The van der Waals surface area contributed by atoms with E-state index in [0.717, 1.165) is 68.3 Å². The molecule has 3 fully saturated rings. The molecule has 1 aliphatic carbocycles. The molecule has 2 heterocycles. The minimum Gasteiger partial charge on any atom is -0.495 e. The van der Waals surface area contributed by atoms with E-state index >= 15 is 0 Å². The van der Waals surface area contributed by atoms with Crippen LogP contribution in [-0.4, -0.2) is 101 Å². The first-order valence-electron chi connectivity index (χ1n) is 15.9. The highest BCUT2D eigenvalue weighted by Crippen LogP contribution is 2.46. The standard InChI is InChI=1S/C34H50N6O4/c1-33(2)22-26(36-32(42)40-20-16-38(17-21-40)28-11-7-9-13-30(28)44-5)23-34(3,24-33)25-35-31(41)39-18-14-37(15-19-39)27-10-6-8-12-29(27)43-4/h6-13,26H,14-25H2,1-5H3,(H,35,41)(H,36,42). The lowest BCUT2D eigenvalue weighted by Gasteiger charge is -2.47. The summed E-state index contributed by atoms with van der Waals surface area (Å²) in [7, 11) is 3.38. The molecule has 4 amide bonds. The number of hydrogen-bond donors (Lipinski definition) is 2. The Morgan fingerprint density at radius 3 is 1.70 bits per heavy atom. The van der Waals surface area contributed by atoms with E-state index in [4.69, 9.17) is 9.47 Å². The SMILES string of the molecule is COc1ccccc1N1CCN(C(=O)NCC2(C)CC(NC(=O)N3CCN(c4ccccc4OC)CC3)CC(C)(C)C2)CC1. The molecule has 2 aromatic carbocycles. The Bertz CT molecular complexity index is 1290. The van der Waals surface area contributed by atoms with Gasteiger partial charge in [-0.15, -0.1) is 0 Å². The average Bonchev–Trinajstić information content (AvgIpc) is 3.02. The number of hydrogen-bond acceptors (Lipinski definition) is 6. The van der Waals surface area contributed by atoms with Crippen LogP contribution in [0.5, 0.6) is 11.5 Å². The molecule has 2 unspecified atom stereocenters. The number of piperazine rings is 2. The van der Waals surface area contributed by atoms with Crippen molar-refractivity contribution < 1.29 is 19.1 Å². The maximum Gasteiger partial charge on any atom is 0.317 e. The first-order chi connectivity index (χ1) is 21.1. The molecule has 2 atom stereocenters. The molecule has 0 radical (unpaired) electrons. The number of urea groups is 2. The van der Waals surface area contributed by atoms with Crippen LogP contribution in [0.1, 0.15) is 40.0 Å². The molecule has 2 aromatic rings. The molecular formula is C34H50N6O4. The van der Waals surface area contributed by atoms with Gasteiger partial charge in [-0.25, -0.2) is 9.59 Å². The van der Waals surface area contributed by atoms with E-state index in [9.17, 15) is 9.59 Å². The van der Waals surface area contributed by atoms with E-state index in [2.05, 4.69) is 53.3 Å². The second-order valence-corrected chi connectivity index (χ2v) is 13.7. The van der Waals surface area contributed by atoms with Crippen molar-refractivity contribution in [3.63, 3.8) is 0 Å². The maximum absolute atomic E-state index is 13.4. The van der Waals surface area contributed by atoms with Crippen molar-refractivity contribution in [3.05, 3.63) is 48.5 Å². The third kappa shape index (κ3) is 7.45. The number of para-hydroxylation sites is 4. The second kappa shape index (κ2) is 13.4. The minimum absolute atomic E-state index is 0.00618. The quantitative estimate of drug-likeness (QED) is 0.477. The number of anilines is 2. The van der Waals surface area contributed by atoms with E-state index in [1.165, 1.54) is 0 Å². The summed E-state index contributed by atoms with van der Waals surface area (Å²) in [4.78, 5) is 35.0. The van der Waals surface area contributed by atoms with E-state index in [-0.39, 0.29) is 28.9 Å². The second-order valence-electron chi connectivity index (χ2n) is 13.7. The highest BCUT2D eigenvalue weighted by Gasteiger charge is 2.42. The lowest BCUT2D eigenvalue weighted by molar-refractivity contribution is 0.0705. The number of ether oxygens (including phenoxy) is 2. The molecule has 5 rings (SSSR count). The normalized spacial score (nSPS) is 23.6. The Hall–Kier alpha value is -3.82. The predicted molar refractivity (Wildman–Crippen MR) is 175 cm³/mol. The van der Waals surface area contributed by atoms with Crippen LogP contribution >= 0.6 is 0 Å². The number of nitrogens with one attached hydrogen (secondary N) is 2. The maximum atomic E-state index is 13.4. The summed E-state index contributed by atoms with van der Waals surface area (Å²) < 4.78 is 11.1. The summed E-state index contributed by atoms with van der Waals surface area (Å²) in [5.41, 5.74) is 2.08. The smallest absolute Gasteiger partial charge is 0.317 e. The van der Waals surface area contributed by atoms with Gasteiger partial charge in [0.25, 0.3) is 0 Å². The van der Waals surface area contributed by atoms with Gasteiger partial charge in [0.05, 0.1) is 25.6 Å². The fraction of sp³-hybridized carbons (Fsp3) is 0.588. The molecule has 10 heteroatoms. The van der Waals surface area contributed by atoms with Gasteiger partial charge in [0, 0.05) is 64.9 Å². The Morgan fingerprint density at radius 1 is 0.727 bits per heavy atom. The van der Waals surface area contributed by atoms with E-state index in [1.807, 2.05) is 46.2 Å². The van der Waals surface area contributed by atoms with Crippen molar-refractivity contribution >= 4 is 23.4 Å². The van der Waals surface area contributed by atoms with Gasteiger partial charge in [0.1, 0.15) is 11.5 Å². The highest BCUT2D eigenvalue weighted by molar-refractivity contribution is 5.75. The summed E-state index contributed by atoms with van der Waals surface area (Å²) in [5.74, 6) is 1.71. The largest absolute Gasteiger partial charge is 0.495 e. The Morgan fingerprint density at radius 2 is 1.20 bits per heavy atom. The fourth-order valence-electron chi connectivity index (χ4n) is 7.62. The van der Waals surface area contributed by atoms with Crippen molar-refractivity contribution in [3.8, 4) is 11.5 Å². The zero-order valence-corrected chi connectivity index (χ0v) is 27.1. The van der Waals surface area contributed by atoms with Gasteiger partial charge in [0.15, 0.2) is 0 Å². The molecule has 240 valence electrons. The van der Waals surface area contributed by atoms with Crippen LogP contribution in [0.15, 0.2) is 48.5 Å². The Balaban J connectivity index is 1.11. The molecule has 0 aromatic heterocycles. The van der Waals surface area contributed by atoms with Crippen LogP contribution in [0.2, 0.25) is 0 Å². The van der Waals surface area contributed by atoms with Gasteiger partial charge in [-0.3, -0.25) is 0 Å². The van der Waals surface area contributed by atoms with Crippen molar-refractivity contribution in [2.75, 3.05) is 82.9 Å². The lowest BCUT2D eigenvalue weighted by atomic mass is 9.62. The average molecular weight is 607 g/mol. The number of carbonyl (C=O) groups is 2. The third-order valence-electron chi connectivity index (χ3n) is 9.42. The molecule has 2 N–H and O–H groups in total. The number of amides is 4. The van der Waals surface area contributed by atoms with Crippen molar-refractivity contribution in [2.24, 2.45) is 10.8 Å². The number of rotatable bonds is 7. The minimum atomic E-state index is -0.114. The van der Waals surface area contributed by atoms with Gasteiger partial charge >= 0.3 is 12.1 Å². The van der Waals surface area contributed by atoms with Crippen molar-refractivity contribution in [2.45, 2.75) is 46.1 Å². The Kier molecular flexibility index (Phi) is 9.65. The lowest BCUT2D eigenvalue weighted by Crippen LogP contribution is -2.57. The summed E-state index contributed by atoms with van der Waals surface area (Å²) in [5, 5.41) is 6.61. The van der Waals surface area contributed by atoms with Crippen LogP contribution in [0.4, 0.5) is 21.0 Å². The number of benzene rings is 2. The highest BCUT2D eigenvalue weighted by atomic mass is 16.5. The van der Waals surface area contributed by atoms with Crippen LogP contribution in [0.25, 0.3) is 0 Å². The summed E-state index contributed by atoms with van der Waals surface area (Å²) in [6.07, 6.45) is 2.76. The van der Waals surface area contributed by atoms with Crippen LogP contribution in [0.3, 0.4) is 0 Å². The predicted octanol–water partition coefficient (Wildman–Crippen LogP) is 4.65. The van der Waals surface area contributed by atoms with Crippen molar-refractivity contribution in [1.29, 1.82) is 0 Å². The first-order valence-corrected chi connectivity index (χ1v) is 15.9. The van der Waals surface area contributed by atoms with Gasteiger partial charge in [0.2, 0.25) is 0 Å². The van der Waals surface area contributed by atoms with Crippen LogP contribution in [0, 0.1) is 10.8 Å². The molecular weight excluding hydrogens is 556 g/mol. The van der Waals surface area contributed by atoms with Gasteiger partial charge in [-0.2, -0.15) is 0 Å². The molecule has 2 saturated heterocycles. The molecule has 1 saturated carbocycles. The summed E-state index contributed by atoms with van der Waals surface area (Å²) >= 11 is 0. The van der Waals surface area contributed by atoms with Gasteiger partial charge < -0.3 is 39.7 Å². The molecule has 10 nitrogen and oxygen atoms in total. The number of carbonyl (C=O) groups excluding carboxylic acids is 2. The molecule has 0 spiro atoms. The third-order valence-corrected chi connectivity index (χ3v) is 9.42. The number of methoxy groups -OCH3 is 2. The topological polar surface area (TPSA) is 89.6 Å². The number of nitrogens with zero attached hydrogens (tertiary/aromatic N) is 4. The van der Waals surface area contributed by atoms with Crippen LogP contribution in [-0.2, 0) is 0 Å². The summed E-state index contributed by atoms with van der Waals surface area (Å²) in [6, 6.07) is 16.1. The molecule has 0 bridgehead atoms. The van der Waals surface area contributed by atoms with Gasteiger partial charge in [-0.05, 0) is 54.4 Å². The molecule has 44 heavy (non-hydrogen) atoms. The van der Waals surface area contributed by atoms with E-state index in [0.29, 0.717) is 32.7 Å². The monoisotopic (exact) mass is 606 g/mol. The van der Waals surface area contributed by atoms with Crippen LogP contribution < -0.4 is 29.9 Å². The molecule has 2 aliphatic heterocycles. The van der Waals surface area contributed by atoms with Crippen molar-refractivity contribution in [1.82, 2.24) is 20.4 Å².